The maximum Gasteiger partial charge on any atom is 0.269 e. The van der Waals surface area contributed by atoms with Gasteiger partial charge in [0.05, 0.1) is 28.1 Å². The minimum atomic E-state index is -0.443. The van der Waals surface area contributed by atoms with E-state index in [0.29, 0.717) is 27.1 Å². The van der Waals surface area contributed by atoms with E-state index in [1.807, 2.05) is 37.3 Å². The van der Waals surface area contributed by atoms with Crippen LogP contribution in [0.5, 0.6) is 11.5 Å². The van der Waals surface area contributed by atoms with E-state index >= 15 is 0 Å². The second kappa shape index (κ2) is 9.92. The van der Waals surface area contributed by atoms with Gasteiger partial charge in [-0.15, -0.1) is 0 Å². The Labute approximate surface area is 188 Å². The summed E-state index contributed by atoms with van der Waals surface area (Å²) in [6.07, 6.45) is 1.78. The van der Waals surface area contributed by atoms with Gasteiger partial charge in [0.1, 0.15) is 6.61 Å². The molecule has 0 heterocycles. The Balaban J connectivity index is 1.88. The maximum atomic E-state index is 11.0. The van der Waals surface area contributed by atoms with Gasteiger partial charge in [-0.25, -0.2) is 0 Å². The highest BCUT2D eigenvalue weighted by atomic mass is 79.9. The fourth-order valence-electron chi connectivity index (χ4n) is 2.96. The van der Waals surface area contributed by atoms with Gasteiger partial charge in [-0.1, -0.05) is 42.0 Å². The van der Waals surface area contributed by atoms with Crippen molar-refractivity contribution < 1.29 is 14.4 Å². The smallest absolute Gasteiger partial charge is 0.269 e. The molecule has 0 saturated heterocycles. The van der Waals surface area contributed by atoms with Gasteiger partial charge in [-0.2, -0.15) is 5.26 Å². The quantitative estimate of drug-likeness (QED) is 0.171. The fraction of sp³-hybridized carbons (Fsp3) is 0.125. The lowest BCUT2D eigenvalue weighted by molar-refractivity contribution is -0.384. The Kier molecular flexibility index (Phi) is 7.06. The molecular formula is C24H19BrN2O4. The van der Waals surface area contributed by atoms with Crippen LogP contribution in [-0.2, 0) is 6.61 Å². The number of benzene rings is 3. The summed E-state index contributed by atoms with van der Waals surface area (Å²) < 4.78 is 12.0. The van der Waals surface area contributed by atoms with E-state index in [4.69, 9.17) is 9.47 Å². The molecule has 0 aliphatic heterocycles. The highest BCUT2D eigenvalue weighted by Crippen LogP contribution is 2.38. The van der Waals surface area contributed by atoms with E-state index in [-0.39, 0.29) is 12.3 Å². The van der Waals surface area contributed by atoms with E-state index in [0.717, 1.165) is 16.7 Å². The summed E-state index contributed by atoms with van der Waals surface area (Å²) in [6, 6.07) is 19.9. The van der Waals surface area contributed by atoms with Crippen molar-refractivity contribution in [2.75, 3.05) is 7.11 Å². The third kappa shape index (κ3) is 5.50. The fourth-order valence-corrected chi connectivity index (χ4v) is 3.53. The molecule has 31 heavy (non-hydrogen) atoms. The van der Waals surface area contributed by atoms with Gasteiger partial charge in [0.25, 0.3) is 5.69 Å². The molecule has 0 amide bonds. The molecule has 0 bridgehead atoms. The van der Waals surface area contributed by atoms with Crippen LogP contribution in [0.15, 0.2) is 65.1 Å². The number of halogens is 1. The molecule has 0 aliphatic carbocycles. The SMILES string of the molecule is COc1cc(/C=C(/C#N)c2ccc(C)cc2)cc(Br)c1OCc1cccc([N+](=O)[O-])c1. The van der Waals surface area contributed by atoms with Gasteiger partial charge >= 0.3 is 0 Å². The van der Waals surface area contributed by atoms with Gasteiger partial charge in [0.15, 0.2) is 11.5 Å². The van der Waals surface area contributed by atoms with Crippen LogP contribution >= 0.6 is 15.9 Å². The average Bonchev–Trinajstić information content (AvgIpc) is 2.77. The third-order valence-corrected chi connectivity index (χ3v) is 5.14. The van der Waals surface area contributed by atoms with Crippen LogP contribution in [0.1, 0.15) is 22.3 Å². The van der Waals surface area contributed by atoms with Crippen molar-refractivity contribution in [3.8, 4) is 17.6 Å². The number of methoxy groups -OCH3 is 1. The van der Waals surface area contributed by atoms with E-state index in [1.54, 1.807) is 24.3 Å². The minimum absolute atomic E-state index is 0.00718. The molecule has 0 unspecified atom stereocenters. The van der Waals surface area contributed by atoms with Crippen molar-refractivity contribution in [3.63, 3.8) is 0 Å². The standard InChI is InChI=1S/C24H19BrN2O4/c1-16-6-8-19(9-7-16)20(14-26)10-18-12-22(25)24(23(13-18)30-2)31-15-17-4-3-5-21(11-17)27(28)29/h3-13H,15H2,1-2H3/b20-10-. The molecule has 7 heteroatoms. The zero-order chi connectivity index (χ0) is 22.4. The third-order valence-electron chi connectivity index (χ3n) is 4.55. The Hall–Kier alpha value is -3.63. The van der Waals surface area contributed by atoms with Crippen LogP contribution < -0.4 is 9.47 Å². The Morgan fingerprint density at radius 3 is 2.58 bits per heavy atom. The van der Waals surface area contributed by atoms with Crippen molar-refractivity contribution in [3.05, 3.63) is 97.5 Å². The summed E-state index contributed by atoms with van der Waals surface area (Å²) in [4.78, 5) is 10.5. The highest BCUT2D eigenvalue weighted by Gasteiger charge is 2.13. The van der Waals surface area contributed by atoms with Gasteiger partial charge < -0.3 is 9.47 Å². The topological polar surface area (TPSA) is 85.4 Å². The molecular weight excluding hydrogens is 460 g/mol. The van der Waals surface area contributed by atoms with E-state index in [1.165, 1.54) is 19.2 Å². The van der Waals surface area contributed by atoms with E-state index in [2.05, 4.69) is 22.0 Å². The number of nitro benzene ring substituents is 1. The molecule has 3 aromatic rings. The number of non-ortho nitro benzene ring substituents is 1. The van der Waals surface area contributed by atoms with Gasteiger partial charge in [0, 0.05) is 12.1 Å². The van der Waals surface area contributed by atoms with Crippen LogP contribution in [0, 0.1) is 28.4 Å². The summed E-state index contributed by atoms with van der Waals surface area (Å²) in [5.41, 5.74) is 3.92. The number of nitriles is 1. The largest absolute Gasteiger partial charge is 0.493 e. The van der Waals surface area contributed by atoms with Crippen molar-refractivity contribution in [2.24, 2.45) is 0 Å². The van der Waals surface area contributed by atoms with Crippen LogP contribution in [0.2, 0.25) is 0 Å². The molecule has 0 saturated carbocycles. The van der Waals surface area contributed by atoms with Crippen LogP contribution in [0.4, 0.5) is 5.69 Å². The molecule has 0 N–H and O–H groups in total. The van der Waals surface area contributed by atoms with E-state index < -0.39 is 4.92 Å². The molecule has 156 valence electrons. The molecule has 6 nitrogen and oxygen atoms in total. The average molecular weight is 479 g/mol. The Morgan fingerprint density at radius 2 is 1.94 bits per heavy atom. The number of nitro groups is 1. The number of nitrogens with zero attached hydrogens (tertiary/aromatic N) is 2. The molecule has 3 rings (SSSR count). The summed E-state index contributed by atoms with van der Waals surface area (Å²) >= 11 is 3.50. The molecule has 0 radical (unpaired) electrons. The predicted molar refractivity (Wildman–Crippen MR) is 123 cm³/mol. The molecule has 0 aromatic heterocycles. The normalized spacial score (nSPS) is 11.0. The number of allylic oxidation sites excluding steroid dienone is 1. The number of aryl methyl sites for hydroxylation is 1. The van der Waals surface area contributed by atoms with Crippen molar-refractivity contribution in [1.82, 2.24) is 0 Å². The Bertz CT molecular complexity index is 1180. The number of rotatable bonds is 7. The summed E-state index contributed by atoms with van der Waals surface area (Å²) in [7, 11) is 1.53. The van der Waals surface area contributed by atoms with Gasteiger partial charge in [-0.3, -0.25) is 10.1 Å². The van der Waals surface area contributed by atoms with Gasteiger partial charge in [-0.05, 0) is 57.8 Å². The molecule has 3 aromatic carbocycles. The molecule has 0 spiro atoms. The lowest BCUT2D eigenvalue weighted by atomic mass is 10.0. The van der Waals surface area contributed by atoms with Crippen LogP contribution in [0.3, 0.4) is 0 Å². The highest BCUT2D eigenvalue weighted by molar-refractivity contribution is 9.10. The summed E-state index contributed by atoms with van der Waals surface area (Å²) in [5.74, 6) is 0.951. The monoisotopic (exact) mass is 478 g/mol. The number of hydrogen-bond acceptors (Lipinski definition) is 5. The first-order valence-corrected chi connectivity index (χ1v) is 10.1. The maximum absolute atomic E-state index is 11.0. The molecule has 0 aliphatic rings. The second-order valence-corrected chi connectivity index (χ2v) is 7.64. The van der Waals surface area contributed by atoms with Gasteiger partial charge in [0.2, 0.25) is 0 Å². The summed E-state index contributed by atoms with van der Waals surface area (Å²) in [6.45, 7) is 2.13. The first-order chi connectivity index (χ1) is 14.9. The number of hydrogen-bond donors (Lipinski definition) is 0. The minimum Gasteiger partial charge on any atom is -0.493 e. The van der Waals surface area contributed by atoms with Crippen molar-refractivity contribution in [1.29, 1.82) is 5.26 Å². The molecule has 0 fully saturated rings. The van der Waals surface area contributed by atoms with Crippen LogP contribution in [-0.4, -0.2) is 12.0 Å². The van der Waals surface area contributed by atoms with E-state index in [9.17, 15) is 15.4 Å². The lowest BCUT2D eigenvalue weighted by Crippen LogP contribution is -2.00. The number of ether oxygens (including phenoxy) is 2. The molecule has 0 atom stereocenters. The summed E-state index contributed by atoms with van der Waals surface area (Å²) in [5, 5.41) is 20.6. The van der Waals surface area contributed by atoms with Crippen LogP contribution in [0.25, 0.3) is 11.6 Å². The van der Waals surface area contributed by atoms with Crippen molar-refractivity contribution >= 4 is 33.3 Å². The zero-order valence-corrected chi connectivity index (χ0v) is 18.5. The Morgan fingerprint density at radius 1 is 1.19 bits per heavy atom. The van der Waals surface area contributed by atoms with Crippen molar-refractivity contribution in [2.45, 2.75) is 13.5 Å². The zero-order valence-electron chi connectivity index (χ0n) is 17.0. The first kappa shape index (κ1) is 22.1. The predicted octanol–water partition coefficient (Wildman–Crippen LogP) is 6.32. The second-order valence-electron chi connectivity index (χ2n) is 6.79. The lowest BCUT2D eigenvalue weighted by Gasteiger charge is -2.14. The first-order valence-electron chi connectivity index (χ1n) is 9.33.